The summed E-state index contributed by atoms with van der Waals surface area (Å²) in [5, 5.41) is 2.99. The van der Waals surface area contributed by atoms with Crippen LogP contribution in [0.25, 0.3) is 0 Å². The Morgan fingerprint density at radius 1 is 1.21 bits per heavy atom. The van der Waals surface area contributed by atoms with E-state index in [1.165, 1.54) is 0 Å². The third-order valence-electron chi connectivity index (χ3n) is 4.27. The number of rotatable bonds is 5. The van der Waals surface area contributed by atoms with Crippen LogP contribution < -0.4 is 5.32 Å². The van der Waals surface area contributed by atoms with Gasteiger partial charge in [-0.05, 0) is 40.2 Å². The highest BCUT2D eigenvalue weighted by Gasteiger charge is 2.26. The highest BCUT2D eigenvalue weighted by Crippen LogP contribution is 2.13. The molecule has 0 saturated carbocycles. The lowest BCUT2D eigenvalue weighted by Gasteiger charge is -2.35. The second kappa shape index (κ2) is 8.67. The fourth-order valence-corrected chi connectivity index (χ4v) is 2.88. The number of hydrogen-bond acceptors (Lipinski definition) is 5. The summed E-state index contributed by atoms with van der Waals surface area (Å²) >= 11 is 0. The van der Waals surface area contributed by atoms with Crippen molar-refractivity contribution in [1.29, 1.82) is 0 Å². The van der Waals surface area contributed by atoms with Crippen molar-refractivity contribution < 1.29 is 19.1 Å². The Hall–Kier alpha value is -1.34. The molecule has 0 aromatic rings. The Morgan fingerprint density at radius 2 is 1.92 bits per heavy atom. The second-order valence-corrected chi connectivity index (χ2v) is 7.51. The lowest BCUT2D eigenvalue weighted by Crippen LogP contribution is -2.50. The molecular formula is C17H31N3O4. The van der Waals surface area contributed by atoms with Crippen LogP contribution in [0.3, 0.4) is 0 Å². The number of nitrogens with one attached hydrogen (secondary N) is 1. The van der Waals surface area contributed by atoms with Crippen molar-refractivity contribution in [3.63, 3.8) is 0 Å². The summed E-state index contributed by atoms with van der Waals surface area (Å²) in [6.07, 6.45) is 1.53. The van der Waals surface area contributed by atoms with Crippen LogP contribution in [0.5, 0.6) is 0 Å². The van der Waals surface area contributed by atoms with Crippen molar-refractivity contribution in [3.8, 4) is 0 Å². The smallest absolute Gasteiger partial charge is 0.410 e. The van der Waals surface area contributed by atoms with Crippen molar-refractivity contribution in [2.24, 2.45) is 5.92 Å². The van der Waals surface area contributed by atoms with Crippen LogP contribution in [0.2, 0.25) is 0 Å². The molecule has 1 N–H and O–H groups in total. The summed E-state index contributed by atoms with van der Waals surface area (Å²) in [6, 6.07) is 0. The Labute approximate surface area is 144 Å². The van der Waals surface area contributed by atoms with Crippen LogP contribution in [0.15, 0.2) is 0 Å². The van der Waals surface area contributed by atoms with Gasteiger partial charge in [0, 0.05) is 39.3 Å². The molecule has 2 amide bonds. The van der Waals surface area contributed by atoms with Crippen molar-refractivity contribution in [3.05, 3.63) is 0 Å². The maximum Gasteiger partial charge on any atom is 0.410 e. The number of carbonyl (C=O) groups is 2. The van der Waals surface area contributed by atoms with Gasteiger partial charge >= 0.3 is 6.09 Å². The highest BCUT2D eigenvalue weighted by molar-refractivity contribution is 5.78. The number of piperazine rings is 1. The monoisotopic (exact) mass is 341 g/mol. The third kappa shape index (κ3) is 6.28. The van der Waals surface area contributed by atoms with Gasteiger partial charge in [-0.3, -0.25) is 9.69 Å². The quantitative estimate of drug-likeness (QED) is 0.758. The van der Waals surface area contributed by atoms with Gasteiger partial charge in [0.25, 0.3) is 0 Å². The van der Waals surface area contributed by atoms with Gasteiger partial charge in [0.1, 0.15) is 5.60 Å². The molecule has 0 spiro atoms. The van der Waals surface area contributed by atoms with Crippen molar-refractivity contribution >= 4 is 12.0 Å². The zero-order valence-electron chi connectivity index (χ0n) is 15.2. The number of ether oxygens (including phenoxy) is 2. The molecule has 0 aromatic heterocycles. The summed E-state index contributed by atoms with van der Waals surface area (Å²) < 4.78 is 10.6. The Kier molecular flexibility index (Phi) is 6.86. The molecule has 0 radical (unpaired) electrons. The SMILES string of the molecule is CC(C)(C)OC(=O)N1CCN(CCCNC(=O)C2CCOC2)CC1. The molecule has 0 aromatic carbocycles. The molecule has 24 heavy (non-hydrogen) atoms. The van der Waals surface area contributed by atoms with E-state index in [1.54, 1.807) is 4.90 Å². The van der Waals surface area contributed by atoms with Gasteiger partial charge in [-0.1, -0.05) is 0 Å². The molecule has 1 atom stereocenters. The van der Waals surface area contributed by atoms with E-state index < -0.39 is 5.60 Å². The average Bonchev–Trinajstić information content (AvgIpc) is 3.04. The van der Waals surface area contributed by atoms with Gasteiger partial charge in [-0.2, -0.15) is 0 Å². The van der Waals surface area contributed by atoms with Crippen LogP contribution in [0.4, 0.5) is 4.79 Å². The fraction of sp³-hybridized carbons (Fsp3) is 0.882. The van der Waals surface area contributed by atoms with E-state index in [-0.39, 0.29) is 17.9 Å². The molecule has 2 fully saturated rings. The maximum atomic E-state index is 12.0. The fourth-order valence-electron chi connectivity index (χ4n) is 2.88. The number of amides is 2. The standard InChI is InChI=1S/C17H31N3O4/c1-17(2,3)24-16(22)20-10-8-19(9-11-20)7-4-6-18-15(21)14-5-12-23-13-14/h14H,4-13H2,1-3H3,(H,18,21). The van der Waals surface area contributed by atoms with Gasteiger partial charge in [-0.15, -0.1) is 0 Å². The molecule has 138 valence electrons. The predicted octanol–water partition coefficient (Wildman–Crippen LogP) is 1.08. The Balaban J connectivity index is 1.56. The molecule has 2 aliphatic rings. The first-order chi connectivity index (χ1) is 11.3. The van der Waals surface area contributed by atoms with Gasteiger partial charge in [0.2, 0.25) is 5.91 Å². The summed E-state index contributed by atoms with van der Waals surface area (Å²) in [5.74, 6) is 0.143. The van der Waals surface area contributed by atoms with Crippen molar-refractivity contribution in [2.45, 2.75) is 39.2 Å². The average molecular weight is 341 g/mol. The van der Waals surface area contributed by atoms with Crippen molar-refractivity contribution in [1.82, 2.24) is 15.1 Å². The number of carbonyl (C=O) groups excluding carboxylic acids is 2. The zero-order chi connectivity index (χ0) is 17.6. The van der Waals surface area contributed by atoms with Crippen LogP contribution in [0, 0.1) is 5.92 Å². The predicted molar refractivity (Wildman–Crippen MR) is 90.8 cm³/mol. The second-order valence-electron chi connectivity index (χ2n) is 7.51. The number of hydrogen-bond donors (Lipinski definition) is 1. The summed E-state index contributed by atoms with van der Waals surface area (Å²) in [7, 11) is 0. The van der Waals surface area contributed by atoms with E-state index >= 15 is 0 Å². The molecule has 0 bridgehead atoms. The largest absolute Gasteiger partial charge is 0.444 e. The minimum Gasteiger partial charge on any atom is -0.444 e. The first-order valence-electron chi connectivity index (χ1n) is 8.91. The van der Waals surface area contributed by atoms with Gasteiger partial charge < -0.3 is 19.7 Å². The molecule has 2 aliphatic heterocycles. The third-order valence-corrected chi connectivity index (χ3v) is 4.27. The van der Waals surface area contributed by atoms with E-state index in [1.807, 2.05) is 20.8 Å². The first kappa shape index (κ1) is 19.0. The van der Waals surface area contributed by atoms with Crippen molar-refractivity contribution in [2.75, 3.05) is 52.5 Å². The normalized spacial score (nSPS) is 22.5. The zero-order valence-corrected chi connectivity index (χ0v) is 15.2. The summed E-state index contributed by atoms with van der Waals surface area (Å²) in [6.45, 7) is 11.6. The molecular weight excluding hydrogens is 310 g/mol. The molecule has 2 saturated heterocycles. The first-order valence-corrected chi connectivity index (χ1v) is 8.91. The molecule has 7 heteroatoms. The lowest BCUT2D eigenvalue weighted by atomic mass is 10.1. The minimum atomic E-state index is -0.448. The molecule has 1 unspecified atom stereocenters. The summed E-state index contributed by atoms with van der Waals surface area (Å²) in [4.78, 5) is 28.0. The van der Waals surface area contributed by atoms with Gasteiger partial charge in [0.15, 0.2) is 0 Å². The van der Waals surface area contributed by atoms with Crippen LogP contribution in [-0.4, -0.2) is 79.9 Å². The van der Waals surface area contributed by atoms with E-state index in [2.05, 4.69) is 10.2 Å². The van der Waals surface area contributed by atoms with E-state index in [0.717, 1.165) is 32.5 Å². The maximum absolute atomic E-state index is 12.0. The Morgan fingerprint density at radius 3 is 2.50 bits per heavy atom. The molecule has 2 rings (SSSR count). The van der Waals surface area contributed by atoms with Crippen LogP contribution >= 0.6 is 0 Å². The van der Waals surface area contributed by atoms with Crippen LogP contribution in [-0.2, 0) is 14.3 Å². The molecule has 2 heterocycles. The van der Waals surface area contributed by atoms with E-state index in [0.29, 0.717) is 32.8 Å². The summed E-state index contributed by atoms with van der Waals surface area (Å²) in [5.41, 5.74) is -0.448. The van der Waals surface area contributed by atoms with Crippen LogP contribution in [0.1, 0.15) is 33.6 Å². The lowest BCUT2D eigenvalue weighted by molar-refractivity contribution is -0.124. The minimum absolute atomic E-state index is 0.0300. The van der Waals surface area contributed by atoms with E-state index in [9.17, 15) is 9.59 Å². The topological polar surface area (TPSA) is 71.1 Å². The number of nitrogens with zero attached hydrogens (tertiary/aromatic N) is 2. The van der Waals surface area contributed by atoms with Gasteiger partial charge in [-0.25, -0.2) is 4.79 Å². The molecule has 0 aliphatic carbocycles. The van der Waals surface area contributed by atoms with E-state index in [4.69, 9.17) is 9.47 Å². The Bertz CT molecular complexity index is 422. The molecule has 7 nitrogen and oxygen atoms in total. The highest BCUT2D eigenvalue weighted by atomic mass is 16.6. The van der Waals surface area contributed by atoms with Gasteiger partial charge in [0.05, 0.1) is 12.5 Å².